The summed E-state index contributed by atoms with van der Waals surface area (Å²) in [5.41, 5.74) is 0.457. The van der Waals surface area contributed by atoms with Gasteiger partial charge in [-0.2, -0.15) is 8.78 Å². The van der Waals surface area contributed by atoms with E-state index in [1.165, 1.54) is 25.3 Å². The third-order valence-corrected chi connectivity index (χ3v) is 4.25. The molecule has 1 aromatic rings. The highest BCUT2D eigenvalue weighted by Crippen LogP contribution is 2.44. The molecule has 0 radical (unpaired) electrons. The lowest BCUT2D eigenvalue weighted by atomic mass is 9.82. The van der Waals surface area contributed by atoms with Gasteiger partial charge in [-0.05, 0) is 31.5 Å². The van der Waals surface area contributed by atoms with Crippen LogP contribution in [-0.4, -0.2) is 31.2 Å². The summed E-state index contributed by atoms with van der Waals surface area (Å²) in [7, 11) is 1.32. The zero-order chi connectivity index (χ0) is 18.4. The van der Waals surface area contributed by atoms with E-state index in [-0.39, 0.29) is 23.8 Å². The van der Waals surface area contributed by atoms with Crippen molar-refractivity contribution in [2.75, 3.05) is 7.11 Å². The lowest BCUT2D eigenvalue weighted by molar-refractivity contribution is -0.144. The van der Waals surface area contributed by atoms with E-state index in [0.29, 0.717) is 16.8 Å². The number of carbonyl (C=O) groups excluding carboxylic acids is 2. The van der Waals surface area contributed by atoms with Gasteiger partial charge in [0.1, 0.15) is 5.60 Å². The van der Waals surface area contributed by atoms with Crippen LogP contribution in [0.3, 0.4) is 0 Å². The first-order chi connectivity index (χ1) is 11.7. The van der Waals surface area contributed by atoms with Crippen LogP contribution in [0, 0.1) is 0 Å². The summed E-state index contributed by atoms with van der Waals surface area (Å²) in [6, 6.07) is 4.36. The fraction of sp³-hybridized carbons (Fsp3) is 0.412. The number of amides is 1. The fourth-order valence-electron chi connectivity index (χ4n) is 3.16. The van der Waals surface area contributed by atoms with Crippen molar-refractivity contribution in [2.45, 2.75) is 38.4 Å². The van der Waals surface area contributed by atoms with Gasteiger partial charge in [0.2, 0.25) is 5.91 Å². The zero-order valence-electron chi connectivity index (χ0n) is 13.9. The van der Waals surface area contributed by atoms with Gasteiger partial charge in [0, 0.05) is 12.3 Å². The maximum atomic E-state index is 12.5. The number of rotatable bonds is 4. The van der Waals surface area contributed by atoms with Crippen molar-refractivity contribution in [2.24, 2.45) is 0 Å². The number of esters is 1. The second kappa shape index (κ2) is 6.02. The maximum absolute atomic E-state index is 12.5. The zero-order valence-corrected chi connectivity index (χ0v) is 13.9. The maximum Gasteiger partial charge on any atom is 0.387 e. The van der Waals surface area contributed by atoms with Crippen molar-refractivity contribution >= 4 is 11.9 Å². The first-order valence-corrected chi connectivity index (χ1v) is 7.63. The van der Waals surface area contributed by atoms with E-state index in [1.807, 2.05) is 0 Å². The Kier molecular flexibility index (Phi) is 4.14. The molecule has 1 amide bonds. The van der Waals surface area contributed by atoms with E-state index in [2.05, 4.69) is 10.1 Å². The number of hydrogen-bond donors (Lipinski definition) is 1. The molecular formula is C17H17F2NO5. The van der Waals surface area contributed by atoms with Crippen LogP contribution in [0.5, 0.6) is 11.5 Å². The molecule has 6 nitrogen and oxygen atoms in total. The van der Waals surface area contributed by atoms with E-state index in [4.69, 9.17) is 9.47 Å². The van der Waals surface area contributed by atoms with Crippen LogP contribution in [0.15, 0.2) is 29.5 Å². The summed E-state index contributed by atoms with van der Waals surface area (Å²) in [5.74, 6) is -1.33. The quantitative estimate of drug-likeness (QED) is 0.842. The lowest BCUT2D eigenvalue weighted by Gasteiger charge is -2.27. The van der Waals surface area contributed by atoms with E-state index in [1.54, 1.807) is 13.8 Å². The van der Waals surface area contributed by atoms with Gasteiger partial charge in [-0.3, -0.25) is 4.79 Å². The number of hydrogen-bond acceptors (Lipinski definition) is 5. The average Bonchev–Trinajstić information content (AvgIpc) is 2.75. The summed E-state index contributed by atoms with van der Waals surface area (Å²) < 4.78 is 39.8. The van der Waals surface area contributed by atoms with Gasteiger partial charge in [-0.15, -0.1) is 0 Å². The predicted molar refractivity (Wildman–Crippen MR) is 82.3 cm³/mol. The van der Waals surface area contributed by atoms with Crippen LogP contribution in [0.25, 0.3) is 0 Å². The number of ether oxygens (including phenoxy) is 3. The van der Waals surface area contributed by atoms with Crippen LogP contribution >= 0.6 is 0 Å². The van der Waals surface area contributed by atoms with Crippen LogP contribution in [0.4, 0.5) is 8.78 Å². The third kappa shape index (κ3) is 3.04. The molecule has 0 spiro atoms. The van der Waals surface area contributed by atoms with Crippen molar-refractivity contribution in [3.63, 3.8) is 0 Å². The van der Waals surface area contributed by atoms with Gasteiger partial charge < -0.3 is 19.5 Å². The largest absolute Gasteiger partial charge is 0.493 e. The number of methoxy groups -OCH3 is 1. The Labute approximate surface area is 142 Å². The Hall–Kier alpha value is -2.64. The molecule has 8 heteroatoms. The molecule has 3 rings (SSSR count). The predicted octanol–water partition coefficient (Wildman–Crippen LogP) is 2.49. The molecule has 0 saturated carbocycles. The second-order valence-corrected chi connectivity index (χ2v) is 6.28. The molecule has 2 heterocycles. The van der Waals surface area contributed by atoms with Gasteiger partial charge >= 0.3 is 12.6 Å². The minimum Gasteiger partial charge on any atom is -0.493 e. The lowest BCUT2D eigenvalue weighted by Crippen LogP contribution is -2.38. The molecule has 1 atom stereocenters. The topological polar surface area (TPSA) is 73.9 Å². The van der Waals surface area contributed by atoms with E-state index in [9.17, 15) is 18.4 Å². The first-order valence-electron chi connectivity index (χ1n) is 7.63. The Morgan fingerprint density at radius 3 is 2.64 bits per heavy atom. The van der Waals surface area contributed by atoms with Crippen molar-refractivity contribution in [3.8, 4) is 11.5 Å². The van der Waals surface area contributed by atoms with Crippen molar-refractivity contribution < 1.29 is 32.6 Å². The number of cyclic esters (lactones) is 1. The molecular weight excluding hydrogens is 336 g/mol. The minimum absolute atomic E-state index is 0.0439. The number of halogens is 2. The van der Waals surface area contributed by atoms with Gasteiger partial charge in [0.15, 0.2) is 11.5 Å². The number of alkyl halides is 2. The molecule has 1 aromatic carbocycles. The molecule has 2 aliphatic heterocycles. The number of benzene rings is 1. The van der Waals surface area contributed by atoms with Gasteiger partial charge in [-0.1, -0.05) is 6.07 Å². The van der Waals surface area contributed by atoms with Crippen LogP contribution in [-0.2, 0) is 14.3 Å². The molecule has 0 aliphatic carbocycles. The van der Waals surface area contributed by atoms with E-state index in [0.717, 1.165) is 0 Å². The summed E-state index contributed by atoms with van der Waals surface area (Å²) in [6.45, 7) is 0.395. The molecule has 0 saturated heterocycles. The normalized spacial score (nSPS) is 21.8. The van der Waals surface area contributed by atoms with Crippen LogP contribution in [0.2, 0.25) is 0 Å². The SMILES string of the molecule is COc1cc([C@H]2CC(=O)NC3=C2C(=O)OC3(C)C)ccc1OC(F)F. The van der Waals surface area contributed by atoms with Gasteiger partial charge in [-0.25, -0.2) is 4.79 Å². The molecule has 0 aromatic heterocycles. The molecule has 1 N–H and O–H groups in total. The Balaban J connectivity index is 2.05. The summed E-state index contributed by atoms with van der Waals surface area (Å²) in [4.78, 5) is 24.4. The molecule has 2 aliphatic rings. The van der Waals surface area contributed by atoms with Crippen molar-refractivity contribution in [3.05, 3.63) is 35.0 Å². The smallest absolute Gasteiger partial charge is 0.387 e. The molecule has 0 unspecified atom stereocenters. The van der Waals surface area contributed by atoms with Gasteiger partial charge in [0.05, 0.1) is 18.4 Å². The Bertz CT molecular complexity index is 772. The molecule has 25 heavy (non-hydrogen) atoms. The Morgan fingerprint density at radius 2 is 2.00 bits per heavy atom. The number of carbonyl (C=O) groups is 2. The van der Waals surface area contributed by atoms with E-state index < -0.39 is 24.1 Å². The summed E-state index contributed by atoms with van der Waals surface area (Å²) in [6.07, 6.45) is 0.0439. The number of nitrogens with one attached hydrogen (secondary N) is 1. The van der Waals surface area contributed by atoms with Crippen LogP contribution in [0.1, 0.15) is 31.7 Å². The van der Waals surface area contributed by atoms with Crippen LogP contribution < -0.4 is 14.8 Å². The first kappa shape index (κ1) is 17.2. The summed E-state index contributed by atoms with van der Waals surface area (Å²) >= 11 is 0. The Morgan fingerprint density at radius 1 is 1.28 bits per heavy atom. The van der Waals surface area contributed by atoms with E-state index >= 15 is 0 Å². The molecule has 0 fully saturated rings. The fourth-order valence-corrected chi connectivity index (χ4v) is 3.16. The highest BCUT2D eigenvalue weighted by Gasteiger charge is 2.47. The minimum atomic E-state index is -2.99. The second-order valence-electron chi connectivity index (χ2n) is 6.28. The van der Waals surface area contributed by atoms with Gasteiger partial charge in [0.25, 0.3) is 0 Å². The standard InChI is InChI=1S/C17H17F2NO5/c1-17(2)14-13(15(22)25-17)9(7-12(21)20-14)8-4-5-10(24-16(18)19)11(6-8)23-3/h4-6,9,16H,7H2,1-3H3,(H,20,21)/t9-/m1/s1. The van der Waals surface area contributed by atoms with Crippen molar-refractivity contribution in [1.29, 1.82) is 0 Å². The molecule has 134 valence electrons. The highest BCUT2D eigenvalue weighted by molar-refractivity contribution is 5.99. The average molecular weight is 353 g/mol. The highest BCUT2D eigenvalue weighted by atomic mass is 19.3. The third-order valence-electron chi connectivity index (χ3n) is 4.25. The van der Waals surface area contributed by atoms with Crippen molar-refractivity contribution in [1.82, 2.24) is 5.32 Å². The summed E-state index contributed by atoms with van der Waals surface area (Å²) in [5, 5.41) is 2.70. The monoisotopic (exact) mass is 353 g/mol. The molecule has 0 bridgehead atoms.